The summed E-state index contributed by atoms with van der Waals surface area (Å²) in [5, 5.41) is 11.6. The van der Waals surface area contributed by atoms with Crippen LogP contribution >= 0.6 is 0 Å². The molecule has 2 fully saturated rings. The van der Waals surface area contributed by atoms with Gasteiger partial charge in [-0.1, -0.05) is 0 Å². The summed E-state index contributed by atoms with van der Waals surface area (Å²) in [6, 6.07) is -0.106. The summed E-state index contributed by atoms with van der Waals surface area (Å²) >= 11 is 0. The lowest BCUT2D eigenvalue weighted by Crippen LogP contribution is -2.41. The summed E-state index contributed by atoms with van der Waals surface area (Å²) in [5.74, 6) is -0.162. The number of likely N-dealkylation sites (tertiary alicyclic amines) is 1. The Bertz CT molecular complexity index is 279. The van der Waals surface area contributed by atoms with Crippen LogP contribution in [0.5, 0.6) is 0 Å². The second-order valence-corrected chi connectivity index (χ2v) is 4.22. The van der Waals surface area contributed by atoms with Gasteiger partial charge in [0.1, 0.15) is 0 Å². The van der Waals surface area contributed by atoms with Crippen LogP contribution in [-0.4, -0.2) is 65.7 Å². The Kier molecular flexibility index (Phi) is 3.40. The number of imide groups is 1. The average molecular weight is 227 g/mol. The van der Waals surface area contributed by atoms with E-state index in [1.54, 1.807) is 0 Å². The second-order valence-electron chi connectivity index (χ2n) is 4.22. The topological polar surface area (TPSA) is 72.9 Å². The highest BCUT2D eigenvalue weighted by molar-refractivity contribution is 6.01. The van der Waals surface area contributed by atoms with E-state index in [4.69, 9.17) is 5.11 Å². The van der Waals surface area contributed by atoms with Crippen molar-refractivity contribution in [3.63, 3.8) is 0 Å². The molecule has 0 spiro atoms. The highest BCUT2D eigenvalue weighted by Crippen LogP contribution is 2.16. The number of rotatable bonds is 4. The number of nitrogens with one attached hydrogen (secondary N) is 1. The van der Waals surface area contributed by atoms with Crippen LogP contribution in [0.2, 0.25) is 0 Å². The minimum atomic E-state index is -0.301. The first-order valence-electron chi connectivity index (χ1n) is 5.65. The lowest BCUT2D eigenvalue weighted by atomic mass is 10.2. The predicted molar refractivity (Wildman–Crippen MR) is 56.8 cm³/mol. The van der Waals surface area contributed by atoms with E-state index in [1.165, 1.54) is 4.90 Å². The molecule has 16 heavy (non-hydrogen) atoms. The molecule has 0 aromatic rings. The van der Waals surface area contributed by atoms with Crippen LogP contribution in [0.3, 0.4) is 0 Å². The molecule has 2 aliphatic rings. The van der Waals surface area contributed by atoms with Crippen LogP contribution in [0.25, 0.3) is 0 Å². The summed E-state index contributed by atoms with van der Waals surface area (Å²) < 4.78 is 0. The molecule has 3 amide bonds. The maximum Gasteiger partial charge on any atom is 0.324 e. The van der Waals surface area contributed by atoms with Crippen molar-refractivity contribution < 1.29 is 14.7 Å². The summed E-state index contributed by atoms with van der Waals surface area (Å²) in [4.78, 5) is 26.0. The Morgan fingerprint density at radius 1 is 1.38 bits per heavy atom. The number of aliphatic hydroxyl groups excluding tert-OH is 1. The molecule has 1 atom stereocenters. The zero-order valence-electron chi connectivity index (χ0n) is 9.19. The summed E-state index contributed by atoms with van der Waals surface area (Å²) in [6.45, 7) is 2.28. The fourth-order valence-corrected chi connectivity index (χ4v) is 2.31. The fraction of sp³-hybridized carbons (Fsp3) is 0.800. The van der Waals surface area contributed by atoms with Crippen LogP contribution in [0.4, 0.5) is 4.79 Å². The van der Waals surface area contributed by atoms with Crippen LogP contribution in [0, 0.1) is 0 Å². The van der Waals surface area contributed by atoms with E-state index in [1.807, 2.05) is 0 Å². The van der Waals surface area contributed by atoms with Gasteiger partial charge in [-0.25, -0.2) is 4.79 Å². The first-order chi connectivity index (χ1) is 7.72. The van der Waals surface area contributed by atoms with Crippen LogP contribution < -0.4 is 5.32 Å². The molecule has 0 aromatic carbocycles. The zero-order valence-corrected chi connectivity index (χ0v) is 9.19. The van der Waals surface area contributed by atoms with E-state index in [0.29, 0.717) is 13.1 Å². The van der Waals surface area contributed by atoms with Crippen LogP contribution in [-0.2, 0) is 4.79 Å². The van der Waals surface area contributed by atoms with Gasteiger partial charge in [-0.05, 0) is 19.4 Å². The Morgan fingerprint density at radius 3 is 2.81 bits per heavy atom. The molecule has 90 valence electrons. The van der Waals surface area contributed by atoms with Crippen molar-refractivity contribution in [3.8, 4) is 0 Å². The lowest BCUT2D eigenvalue weighted by Gasteiger charge is -2.24. The standard InChI is InChI=1S/C10H17N3O3/c14-7-8-2-1-3-12(8)4-5-13-9(15)6-11-10(13)16/h8,14H,1-7H2,(H,11,16). The largest absolute Gasteiger partial charge is 0.395 e. The molecule has 2 saturated heterocycles. The third-order valence-corrected chi connectivity index (χ3v) is 3.26. The second kappa shape index (κ2) is 4.80. The smallest absolute Gasteiger partial charge is 0.324 e. The Hall–Kier alpha value is -1.14. The zero-order chi connectivity index (χ0) is 11.5. The molecule has 1 unspecified atom stereocenters. The third kappa shape index (κ3) is 2.17. The van der Waals surface area contributed by atoms with Gasteiger partial charge in [0.2, 0.25) is 5.91 Å². The highest BCUT2D eigenvalue weighted by Gasteiger charge is 2.30. The van der Waals surface area contributed by atoms with Crippen molar-refractivity contribution >= 4 is 11.9 Å². The van der Waals surface area contributed by atoms with E-state index in [9.17, 15) is 9.59 Å². The quantitative estimate of drug-likeness (QED) is 0.604. The number of hydrogen-bond acceptors (Lipinski definition) is 4. The summed E-state index contributed by atoms with van der Waals surface area (Å²) in [5.41, 5.74) is 0. The predicted octanol–water partition coefficient (Wildman–Crippen LogP) is -1.01. The van der Waals surface area contributed by atoms with Crippen molar-refractivity contribution in [1.29, 1.82) is 0 Å². The average Bonchev–Trinajstić information content (AvgIpc) is 2.84. The van der Waals surface area contributed by atoms with Crippen molar-refractivity contribution in [2.45, 2.75) is 18.9 Å². The maximum atomic E-state index is 11.3. The molecule has 0 saturated carbocycles. The molecule has 0 radical (unpaired) electrons. The first kappa shape index (κ1) is 11.3. The minimum Gasteiger partial charge on any atom is -0.395 e. The number of carbonyl (C=O) groups is 2. The Balaban J connectivity index is 1.82. The van der Waals surface area contributed by atoms with Gasteiger partial charge in [0.25, 0.3) is 0 Å². The van der Waals surface area contributed by atoms with Gasteiger partial charge >= 0.3 is 6.03 Å². The Labute approximate surface area is 94.2 Å². The molecule has 2 N–H and O–H groups in total. The van der Waals surface area contributed by atoms with Crippen molar-refractivity contribution in [2.24, 2.45) is 0 Å². The van der Waals surface area contributed by atoms with Crippen molar-refractivity contribution in [3.05, 3.63) is 0 Å². The third-order valence-electron chi connectivity index (χ3n) is 3.26. The van der Waals surface area contributed by atoms with Crippen molar-refractivity contribution in [1.82, 2.24) is 15.1 Å². The highest BCUT2D eigenvalue weighted by atomic mass is 16.3. The lowest BCUT2D eigenvalue weighted by molar-refractivity contribution is -0.125. The first-order valence-corrected chi connectivity index (χ1v) is 5.65. The molecule has 2 aliphatic heterocycles. The van der Waals surface area contributed by atoms with Crippen molar-refractivity contribution in [2.75, 3.05) is 32.8 Å². The Morgan fingerprint density at radius 2 is 2.19 bits per heavy atom. The monoisotopic (exact) mass is 227 g/mol. The number of amides is 3. The van der Waals surface area contributed by atoms with E-state index < -0.39 is 0 Å². The molecule has 2 heterocycles. The number of urea groups is 1. The van der Waals surface area contributed by atoms with Gasteiger partial charge in [-0.2, -0.15) is 0 Å². The number of carbonyl (C=O) groups excluding carboxylic acids is 2. The van der Waals surface area contributed by atoms with E-state index in [2.05, 4.69) is 10.2 Å². The molecule has 2 rings (SSSR count). The molecular weight excluding hydrogens is 210 g/mol. The molecule has 6 nitrogen and oxygen atoms in total. The van der Waals surface area contributed by atoms with Gasteiger partial charge < -0.3 is 10.4 Å². The van der Waals surface area contributed by atoms with E-state index in [-0.39, 0.29) is 31.1 Å². The molecular formula is C10H17N3O3. The normalized spacial score (nSPS) is 26.6. The van der Waals surface area contributed by atoms with Gasteiger partial charge in [0, 0.05) is 19.1 Å². The van der Waals surface area contributed by atoms with E-state index >= 15 is 0 Å². The summed E-state index contributed by atoms with van der Waals surface area (Å²) in [7, 11) is 0. The molecule has 0 aliphatic carbocycles. The maximum absolute atomic E-state index is 11.3. The minimum absolute atomic E-state index is 0.113. The van der Waals surface area contributed by atoms with Gasteiger partial charge in [0.05, 0.1) is 13.2 Å². The van der Waals surface area contributed by atoms with Gasteiger partial charge in [0.15, 0.2) is 0 Å². The molecule has 0 aromatic heterocycles. The van der Waals surface area contributed by atoms with E-state index in [0.717, 1.165) is 19.4 Å². The van der Waals surface area contributed by atoms with Gasteiger partial charge in [-0.3, -0.25) is 14.6 Å². The molecule has 6 heteroatoms. The van der Waals surface area contributed by atoms with Crippen LogP contribution in [0.1, 0.15) is 12.8 Å². The number of nitrogens with zero attached hydrogens (tertiary/aromatic N) is 2. The summed E-state index contributed by atoms with van der Waals surface area (Å²) in [6.07, 6.45) is 2.07. The molecule has 0 bridgehead atoms. The fourth-order valence-electron chi connectivity index (χ4n) is 2.31. The van der Waals surface area contributed by atoms with Gasteiger partial charge in [-0.15, -0.1) is 0 Å². The SMILES string of the molecule is O=C1CNC(=O)N1CCN1CCCC1CO. The number of hydrogen-bond donors (Lipinski definition) is 2. The van der Waals surface area contributed by atoms with Crippen LogP contribution in [0.15, 0.2) is 0 Å². The number of aliphatic hydroxyl groups is 1.